The van der Waals surface area contributed by atoms with Crippen LogP contribution in [-0.2, 0) is 4.84 Å². The highest BCUT2D eigenvalue weighted by Gasteiger charge is 1.88. The van der Waals surface area contributed by atoms with Crippen molar-refractivity contribution in [3.63, 3.8) is 0 Å². The lowest BCUT2D eigenvalue weighted by atomic mass is 11.1. The van der Waals surface area contributed by atoms with E-state index in [4.69, 9.17) is 17.2 Å². The van der Waals surface area contributed by atoms with Crippen molar-refractivity contribution in [3.8, 4) is 0 Å². The maximum atomic E-state index is 4.96. The van der Waals surface area contributed by atoms with Gasteiger partial charge in [0.15, 0.2) is 0 Å². The molecule has 0 aliphatic heterocycles. The molecule has 48 valence electrons. The predicted octanol–water partition coefficient (Wildman–Crippen LogP) is -1.64. The quantitative estimate of drug-likeness (QED) is 0.120. The fraction of sp³-hybridized carbons (Fsp3) is 0.500. The maximum absolute atomic E-state index is 4.96. The van der Waals surface area contributed by atoms with Crippen LogP contribution in [0.15, 0.2) is 5.16 Å². The van der Waals surface area contributed by atoms with E-state index in [9.17, 15) is 0 Å². The van der Waals surface area contributed by atoms with Crippen molar-refractivity contribution in [3.05, 3.63) is 0 Å². The number of oxime groups is 1. The first-order valence-electron chi connectivity index (χ1n) is 1.81. The van der Waals surface area contributed by atoms with Gasteiger partial charge in [-0.1, -0.05) is 0 Å². The second kappa shape index (κ2) is 3.39. The molecule has 0 spiro atoms. The standard InChI is InChI=1S/C2H8N4OS/c3-1(4)6-7-2(5)8/h2,8H,5H2,(H4,3,4,6)/t2-/m1/s1. The van der Waals surface area contributed by atoms with Crippen LogP contribution in [0, 0.1) is 0 Å². The number of nitrogens with zero attached hydrogens (tertiary/aromatic N) is 1. The normalized spacial score (nSPS) is 12.2. The number of thiol groups is 1. The molecule has 1 atom stereocenters. The molecular weight excluding hydrogens is 128 g/mol. The van der Waals surface area contributed by atoms with Gasteiger partial charge in [-0.2, -0.15) is 0 Å². The molecule has 5 nitrogen and oxygen atoms in total. The summed E-state index contributed by atoms with van der Waals surface area (Å²) in [6.45, 7) is 0. The zero-order chi connectivity index (χ0) is 6.57. The van der Waals surface area contributed by atoms with Crippen LogP contribution in [0.5, 0.6) is 0 Å². The molecule has 0 bridgehead atoms. The summed E-state index contributed by atoms with van der Waals surface area (Å²) in [5.41, 5.74) is 13.9. The van der Waals surface area contributed by atoms with E-state index in [1.807, 2.05) is 0 Å². The average Bonchev–Trinajstić information content (AvgIpc) is 1.61. The fourth-order valence-corrected chi connectivity index (χ4v) is 0.162. The van der Waals surface area contributed by atoms with Crippen molar-refractivity contribution >= 4 is 18.6 Å². The summed E-state index contributed by atoms with van der Waals surface area (Å²) in [6, 6.07) is 0. The van der Waals surface area contributed by atoms with Gasteiger partial charge in [0.05, 0.1) is 0 Å². The van der Waals surface area contributed by atoms with Crippen LogP contribution in [0.2, 0.25) is 0 Å². The Kier molecular flexibility index (Phi) is 3.13. The zero-order valence-corrected chi connectivity index (χ0v) is 5.01. The van der Waals surface area contributed by atoms with Gasteiger partial charge in [-0.15, -0.1) is 12.6 Å². The van der Waals surface area contributed by atoms with Gasteiger partial charge in [-0.25, -0.2) is 0 Å². The molecule has 0 aromatic carbocycles. The third-order valence-corrected chi connectivity index (χ3v) is 0.360. The molecule has 0 aromatic rings. The highest BCUT2D eigenvalue weighted by Crippen LogP contribution is 1.85. The molecule has 0 fully saturated rings. The van der Waals surface area contributed by atoms with Gasteiger partial charge in [0, 0.05) is 0 Å². The summed E-state index contributed by atoms with van der Waals surface area (Å²) in [5, 5.41) is 3.09. The van der Waals surface area contributed by atoms with E-state index < -0.39 is 5.56 Å². The van der Waals surface area contributed by atoms with E-state index in [1.54, 1.807) is 0 Å². The van der Waals surface area contributed by atoms with Gasteiger partial charge in [0.1, 0.15) is 0 Å². The Morgan fingerprint density at radius 3 is 2.25 bits per heavy atom. The van der Waals surface area contributed by atoms with E-state index in [2.05, 4.69) is 22.6 Å². The van der Waals surface area contributed by atoms with Crippen LogP contribution in [-0.4, -0.2) is 11.5 Å². The topological polar surface area (TPSA) is 99.7 Å². The van der Waals surface area contributed by atoms with E-state index in [-0.39, 0.29) is 5.96 Å². The van der Waals surface area contributed by atoms with Crippen LogP contribution in [0.1, 0.15) is 0 Å². The van der Waals surface area contributed by atoms with Crippen LogP contribution in [0.3, 0.4) is 0 Å². The van der Waals surface area contributed by atoms with E-state index >= 15 is 0 Å². The summed E-state index contributed by atoms with van der Waals surface area (Å²) in [4.78, 5) is 4.28. The lowest BCUT2D eigenvalue weighted by Crippen LogP contribution is -2.25. The minimum absolute atomic E-state index is 0.172. The Hall–Kier alpha value is -0.620. The molecule has 0 saturated heterocycles. The van der Waals surface area contributed by atoms with Gasteiger partial charge in [-0.3, -0.25) is 5.73 Å². The summed E-state index contributed by atoms with van der Waals surface area (Å²) >= 11 is 3.61. The minimum atomic E-state index is -0.767. The van der Waals surface area contributed by atoms with Gasteiger partial charge >= 0.3 is 0 Å². The van der Waals surface area contributed by atoms with E-state index in [0.29, 0.717) is 0 Å². The van der Waals surface area contributed by atoms with Crippen molar-refractivity contribution in [2.24, 2.45) is 22.4 Å². The monoisotopic (exact) mass is 136 g/mol. The highest BCUT2D eigenvalue weighted by atomic mass is 32.1. The Morgan fingerprint density at radius 1 is 1.62 bits per heavy atom. The molecular formula is C2H8N4OS. The second-order valence-corrected chi connectivity index (χ2v) is 1.52. The molecule has 0 heterocycles. The van der Waals surface area contributed by atoms with E-state index in [0.717, 1.165) is 0 Å². The first kappa shape index (κ1) is 7.38. The number of nitrogens with two attached hydrogens (primary N) is 3. The largest absolute Gasteiger partial charge is 0.367 e. The fourth-order valence-electron chi connectivity index (χ4n) is 0.115. The number of hydrogen-bond donors (Lipinski definition) is 4. The zero-order valence-electron chi connectivity index (χ0n) is 4.11. The SMILES string of the molecule is NC(N)=NO[C@@H](N)S. The molecule has 0 saturated carbocycles. The van der Waals surface area contributed by atoms with Crippen LogP contribution >= 0.6 is 12.6 Å². The maximum Gasteiger partial charge on any atom is 0.228 e. The summed E-state index contributed by atoms with van der Waals surface area (Å²) in [6.07, 6.45) is 0. The Balaban J connectivity index is 3.29. The second-order valence-electron chi connectivity index (χ2n) is 1.01. The van der Waals surface area contributed by atoms with Crippen molar-refractivity contribution in [2.75, 3.05) is 0 Å². The molecule has 8 heavy (non-hydrogen) atoms. The Bertz CT molecular complexity index is 88.0. The molecule has 0 radical (unpaired) electrons. The smallest absolute Gasteiger partial charge is 0.228 e. The highest BCUT2D eigenvalue weighted by molar-refractivity contribution is 7.80. The molecule has 0 aromatic heterocycles. The van der Waals surface area contributed by atoms with Gasteiger partial charge < -0.3 is 16.3 Å². The van der Waals surface area contributed by atoms with Crippen molar-refractivity contribution in [1.82, 2.24) is 0 Å². The van der Waals surface area contributed by atoms with Crippen LogP contribution < -0.4 is 17.2 Å². The third-order valence-electron chi connectivity index (χ3n) is 0.266. The lowest BCUT2D eigenvalue weighted by molar-refractivity contribution is 0.127. The van der Waals surface area contributed by atoms with E-state index in [1.165, 1.54) is 0 Å². The molecule has 0 aliphatic rings. The first-order chi connectivity index (χ1) is 3.63. The minimum Gasteiger partial charge on any atom is -0.367 e. The molecule has 0 aliphatic carbocycles. The predicted molar refractivity (Wildman–Crippen MR) is 33.9 cm³/mol. The molecule has 6 heteroatoms. The number of hydrogen-bond acceptors (Lipinski definition) is 4. The molecule has 0 rings (SSSR count). The third kappa shape index (κ3) is 5.38. The van der Waals surface area contributed by atoms with Gasteiger partial charge in [-0.05, 0) is 5.16 Å². The summed E-state index contributed by atoms with van der Waals surface area (Å²) in [5.74, 6) is -0.172. The number of rotatable bonds is 2. The van der Waals surface area contributed by atoms with Crippen molar-refractivity contribution < 1.29 is 4.84 Å². The number of guanidine groups is 1. The van der Waals surface area contributed by atoms with Crippen molar-refractivity contribution in [2.45, 2.75) is 5.56 Å². The molecule has 6 N–H and O–H groups in total. The summed E-state index contributed by atoms with van der Waals surface area (Å²) < 4.78 is 0. The summed E-state index contributed by atoms with van der Waals surface area (Å²) in [7, 11) is 0. The first-order valence-corrected chi connectivity index (χ1v) is 2.33. The lowest BCUT2D eigenvalue weighted by Gasteiger charge is -1.98. The van der Waals surface area contributed by atoms with Crippen LogP contribution in [0.4, 0.5) is 0 Å². The van der Waals surface area contributed by atoms with Gasteiger partial charge in [0.25, 0.3) is 0 Å². The molecule has 0 amide bonds. The Morgan fingerprint density at radius 2 is 2.12 bits per heavy atom. The van der Waals surface area contributed by atoms with Gasteiger partial charge in [0.2, 0.25) is 11.5 Å². The Labute approximate surface area is 52.2 Å². The molecule has 0 unspecified atom stereocenters. The van der Waals surface area contributed by atoms with Crippen molar-refractivity contribution in [1.29, 1.82) is 0 Å². The van der Waals surface area contributed by atoms with Crippen LogP contribution in [0.25, 0.3) is 0 Å². The average molecular weight is 136 g/mol.